The standard InChI is InChI=1S/C39H28ClF2N3O7/c40-22-7-5-21(6-8-22)39-29(35(48)45(38(39)52)43-24-11-9-23(41)10-12-24)18-28-26(33(39)19-4-15-31(46)30(42)17-19)13-14-27-32(28)36(49)44(34(27)47)25-3-1-2-20(16-25)37(50)51/h1-13,15-17,27-29,32-33,43,46H,14,18H2,(H,50,51). The summed E-state index contributed by atoms with van der Waals surface area (Å²) in [5.74, 6) is -10.7. The number of aromatic carboxylic acids is 1. The minimum absolute atomic E-state index is 0.0547. The second-order valence-electron chi connectivity index (χ2n) is 13.5. The van der Waals surface area contributed by atoms with E-state index in [2.05, 4.69) is 5.43 Å². The van der Waals surface area contributed by atoms with Gasteiger partial charge in [-0.15, -0.1) is 0 Å². The number of carbonyl (C=O) groups excluding carboxylic acids is 4. The number of phenolic OH excluding ortho intramolecular Hbond substituents is 1. The quantitative estimate of drug-likeness (QED) is 0.157. The maximum atomic E-state index is 15.3. The van der Waals surface area contributed by atoms with Crippen molar-refractivity contribution in [3.63, 3.8) is 0 Å². The van der Waals surface area contributed by atoms with E-state index in [0.29, 0.717) is 16.2 Å². The molecule has 2 saturated heterocycles. The second kappa shape index (κ2) is 12.1. The number of imide groups is 2. The lowest BCUT2D eigenvalue weighted by molar-refractivity contribution is -0.138. The second-order valence-corrected chi connectivity index (χ2v) is 13.9. The van der Waals surface area contributed by atoms with Crippen LogP contribution in [0.3, 0.4) is 0 Å². The number of rotatable bonds is 6. The van der Waals surface area contributed by atoms with Crippen molar-refractivity contribution in [2.45, 2.75) is 24.2 Å². The molecule has 6 unspecified atom stereocenters. The van der Waals surface area contributed by atoms with Crippen molar-refractivity contribution < 1.29 is 43.0 Å². The van der Waals surface area contributed by atoms with E-state index in [1.807, 2.05) is 0 Å². The van der Waals surface area contributed by atoms with Crippen LogP contribution in [-0.4, -0.2) is 44.8 Å². The van der Waals surface area contributed by atoms with Crippen molar-refractivity contribution in [1.29, 1.82) is 0 Å². The van der Waals surface area contributed by atoms with Crippen LogP contribution in [0, 0.1) is 35.3 Å². The number of aromatic hydroxyl groups is 1. The fourth-order valence-electron chi connectivity index (χ4n) is 8.77. The highest BCUT2D eigenvalue weighted by atomic mass is 35.5. The third-order valence-corrected chi connectivity index (χ3v) is 11.2. The van der Waals surface area contributed by atoms with E-state index in [1.54, 1.807) is 30.3 Å². The Morgan fingerprint density at radius 2 is 1.60 bits per heavy atom. The summed E-state index contributed by atoms with van der Waals surface area (Å²) < 4.78 is 29.1. The van der Waals surface area contributed by atoms with E-state index < -0.39 is 82.0 Å². The average molecular weight is 724 g/mol. The van der Waals surface area contributed by atoms with E-state index in [1.165, 1.54) is 42.5 Å². The van der Waals surface area contributed by atoms with Crippen molar-refractivity contribution in [1.82, 2.24) is 5.01 Å². The third-order valence-electron chi connectivity index (χ3n) is 10.9. The van der Waals surface area contributed by atoms with Crippen LogP contribution < -0.4 is 10.3 Å². The van der Waals surface area contributed by atoms with E-state index in [9.17, 15) is 33.8 Å². The van der Waals surface area contributed by atoms with Crippen LogP contribution in [0.5, 0.6) is 5.75 Å². The minimum atomic E-state index is -1.73. The molecule has 10 nitrogen and oxygen atoms in total. The lowest BCUT2D eigenvalue weighted by atomic mass is 9.49. The van der Waals surface area contributed by atoms with Gasteiger partial charge in [0.1, 0.15) is 5.82 Å². The number of nitrogens with zero attached hydrogens (tertiary/aromatic N) is 2. The SMILES string of the molecule is O=C(O)c1cccc(N2C(=O)C3CC=C4C(CC5C(=O)N(Nc6ccc(F)cc6)C(=O)C5(c5ccc(Cl)cc5)C4c4ccc(O)c(F)c4)C3C2=O)c1. The first-order valence-corrected chi connectivity index (χ1v) is 16.9. The number of hydrogen-bond donors (Lipinski definition) is 3. The number of amides is 4. The monoisotopic (exact) mass is 723 g/mol. The van der Waals surface area contributed by atoms with Gasteiger partial charge in [0.15, 0.2) is 11.6 Å². The Balaban J connectivity index is 1.31. The maximum absolute atomic E-state index is 15.3. The molecule has 1 saturated carbocycles. The Morgan fingerprint density at radius 1 is 0.865 bits per heavy atom. The van der Waals surface area contributed by atoms with Crippen molar-refractivity contribution in [3.8, 4) is 5.75 Å². The number of anilines is 2. The van der Waals surface area contributed by atoms with Crippen LogP contribution in [0.4, 0.5) is 20.2 Å². The molecule has 3 N–H and O–H groups in total. The predicted octanol–water partition coefficient (Wildman–Crippen LogP) is 6.21. The van der Waals surface area contributed by atoms with Gasteiger partial charge in [-0.25, -0.2) is 13.6 Å². The summed E-state index contributed by atoms with van der Waals surface area (Å²) in [6.07, 6.45) is 1.81. The highest BCUT2D eigenvalue weighted by Crippen LogP contribution is 2.64. The molecular weight excluding hydrogens is 696 g/mol. The van der Waals surface area contributed by atoms with Gasteiger partial charge in [-0.1, -0.05) is 47.5 Å². The number of carboxylic acids is 1. The Kier molecular flexibility index (Phi) is 7.76. The molecule has 4 aromatic carbocycles. The van der Waals surface area contributed by atoms with Gasteiger partial charge in [-0.2, -0.15) is 5.01 Å². The predicted molar refractivity (Wildman–Crippen MR) is 183 cm³/mol. The van der Waals surface area contributed by atoms with Crippen molar-refractivity contribution in [2.75, 3.05) is 10.3 Å². The zero-order chi connectivity index (χ0) is 36.6. The number of halogens is 3. The van der Waals surface area contributed by atoms with Crippen LogP contribution in [0.25, 0.3) is 0 Å². The first-order chi connectivity index (χ1) is 24.9. The van der Waals surface area contributed by atoms with Gasteiger partial charge in [0.25, 0.3) is 11.8 Å². The van der Waals surface area contributed by atoms with E-state index in [-0.39, 0.29) is 35.3 Å². The van der Waals surface area contributed by atoms with Crippen molar-refractivity contribution in [2.24, 2.45) is 23.7 Å². The zero-order valence-electron chi connectivity index (χ0n) is 27.0. The number of allylic oxidation sites excluding steroid dienone is 2. The van der Waals surface area contributed by atoms with Crippen LogP contribution in [0.2, 0.25) is 5.02 Å². The first kappa shape index (κ1) is 33.3. The lowest BCUT2D eigenvalue weighted by Gasteiger charge is -2.50. The fourth-order valence-corrected chi connectivity index (χ4v) is 8.89. The summed E-state index contributed by atoms with van der Waals surface area (Å²) in [5, 5.41) is 21.0. The first-order valence-electron chi connectivity index (χ1n) is 16.5. The number of nitrogens with one attached hydrogen (secondary N) is 1. The highest BCUT2D eigenvalue weighted by Gasteiger charge is 2.70. The Hall–Kier alpha value is -5.88. The molecule has 4 aliphatic rings. The molecule has 2 heterocycles. The summed E-state index contributed by atoms with van der Waals surface area (Å²) in [6, 6.07) is 20.7. The Labute approximate surface area is 299 Å². The Morgan fingerprint density at radius 3 is 2.29 bits per heavy atom. The van der Waals surface area contributed by atoms with Gasteiger partial charge >= 0.3 is 5.97 Å². The van der Waals surface area contributed by atoms with Crippen LogP contribution in [0.15, 0.2) is 103 Å². The van der Waals surface area contributed by atoms with Gasteiger partial charge in [0.05, 0.1) is 40.1 Å². The fraction of sp³-hybridized carbons (Fsp3) is 0.205. The number of hydrogen-bond acceptors (Lipinski definition) is 7. The molecule has 13 heteroatoms. The molecule has 0 spiro atoms. The summed E-state index contributed by atoms with van der Waals surface area (Å²) >= 11 is 6.29. The molecule has 4 aromatic rings. The molecule has 0 radical (unpaired) electrons. The van der Waals surface area contributed by atoms with Gasteiger partial charge in [-0.05, 0) is 96.6 Å². The topological polar surface area (TPSA) is 144 Å². The summed E-state index contributed by atoms with van der Waals surface area (Å²) in [7, 11) is 0. The van der Waals surface area contributed by atoms with Gasteiger partial charge < -0.3 is 10.2 Å². The van der Waals surface area contributed by atoms with Crippen LogP contribution in [-0.2, 0) is 24.6 Å². The molecule has 0 bridgehead atoms. The zero-order valence-corrected chi connectivity index (χ0v) is 27.8. The number of carbonyl (C=O) groups is 5. The van der Waals surface area contributed by atoms with Crippen LogP contribution in [0.1, 0.15) is 40.2 Å². The molecule has 262 valence electrons. The van der Waals surface area contributed by atoms with Gasteiger partial charge in [0, 0.05) is 10.9 Å². The molecular formula is C39H28ClF2N3O7. The molecule has 8 rings (SSSR count). The number of fused-ring (bicyclic) bond motifs is 4. The largest absolute Gasteiger partial charge is 0.505 e. The molecule has 0 aromatic heterocycles. The smallest absolute Gasteiger partial charge is 0.335 e. The molecule has 2 aliphatic heterocycles. The lowest BCUT2D eigenvalue weighted by Crippen LogP contribution is -2.53. The number of phenols is 1. The van der Waals surface area contributed by atoms with E-state index in [0.717, 1.165) is 34.2 Å². The highest BCUT2D eigenvalue weighted by molar-refractivity contribution is 6.30. The van der Waals surface area contributed by atoms with Gasteiger partial charge in [-0.3, -0.25) is 29.5 Å². The molecule has 3 fully saturated rings. The van der Waals surface area contributed by atoms with Crippen molar-refractivity contribution in [3.05, 3.63) is 136 Å². The molecule has 4 amide bonds. The van der Waals surface area contributed by atoms with Crippen molar-refractivity contribution >= 4 is 52.6 Å². The van der Waals surface area contributed by atoms with Crippen LogP contribution >= 0.6 is 11.6 Å². The molecule has 6 atom stereocenters. The number of benzene rings is 4. The summed E-state index contributed by atoms with van der Waals surface area (Å²) in [5.41, 5.74) is 2.52. The average Bonchev–Trinajstić information content (AvgIpc) is 3.51. The molecule has 52 heavy (non-hydrogen) atoms. The normalized spacial score (nSPS) is 26.5. The number of hydrazine groups is 1. The minimum Gasteiger partial charge on any atom is -0.505 e. The third kappa shape index (κ3) is 4.85. The summed E-state index contributed by atoms with van der Waals surface area (Å²) in [4.78, 5) is 70.8. The molecule has 2 aliphatic carbocycles. The summed E-state index contributed by atoms with van der Waals surface area (Å²) in [6.45, 7) is 0. The maximum Gasteiger partial charge on any atom is 0.335 e. The van der Waals surface area contributed by atoms with E-state index >= 15 is 9.18 Å². The van der Waals surface area contributed by atoms with Gasteiger partial charge in [0.2, 0.25) is 11.8 Å². The number of carboxylic acid groups (broad SMARTS) is 1. The van der Waals surface area contributed by atoms with E-state index in [4.69, 9.17) is 11.6 Å². The Bertz CT molecular complexity index is 2250.